The molecular formula is C40H42N2O6. The third kappa shape index (κ3) is 9.06. The summed E-state index contributed by atoms with van der Waals surface area (Å²) in [6.45, 7) is 9.88. The van der Waals surface area contributed by atoms with E-state index in [2.05, 4.69) is 54.0 Å². The van der Waals surface area contributed by atoms with Gasteiger partial charge in [0.15, 0.2) is 11.6 Å². The van der Waals surface area contributed by atoms with E-state index in [1.54, 1.807) is 12.1 Å². The Kier molecular flexibility index (Phi) is 12.1. The summed E-state index contributed by atoms with van der Waals surface area (Å²) in [7, 11) is 0. The standard InChI is InChI=1S/C40H42N2O6/c1-5-41(6-2)35-15-9-29(10-16-35)7-8-30-11-17-36(18-12-30)42(23-21-33-25-31(27(3)43)13-19-37(33)39(45)46)24-22-34-26-32(28(4)44)14-20-38(34)40(47)48/h7-20,25-26H,5-6,21-24H2,1-4H3,(H,45,46)(H,47,48). The van der Waals surface area contributed by atoms with Crippen LogP contribution in [0.25, 0.3) is 12.2 Å². The van der Waals surface area contributed by atoms with E-state index in [1.165, 1.54) is 43.8 Å². The van der Waals surface area contributed by atoms with E-state index in [9.17, 15) is 29.4 Å². The minimum absolute atomic E-state index is 0.132. The van der Waals surface area contributed by atoms with Crippen LogP contribution in [-0.4, -0.2) is 59.9 Å². The van der Waals surface area contributed by atoms with Crippen molar-refractivity contribution >= 4 is 47.0 Å². The Bertz CT molecular complexity index is 1730. The molecule has 8 heteroatoms. The first-order chi connectivity index (χ1) is 23.0. The highest BCUT2D eigenvalue weighted by Crippen LogP contribution is 2.23. The van der Waals surface area contributed by atoms with Gasteiger partial charge < -0.3 is 20.0 Å². The molecule has 0 saturated carbocycles. The number of ketones is 2. The number of rotatable bonds is 16. The molecule has 0 aromatic heterocycles. The number of benzene rings is 4. The van der Waals surface area contributed by atoms with Gasteiger partial charge >= 0.3 is 11.9 Å². The molecule has 0 bridgehead atoms. The molecule has 0 fully saturated rings. The summed E-state index contributed by atoms with van der Waals surface area (Å²) in [4.78, 5) is 52.5. The number of carboxylic acids is 2. The number of anilines is 2. The van der Waals surface area contributed by atoms with Crippen LogP contribution in [0.4, 0.5) is 11.4 Å². The minimum atomic E-state index is -1.07. The van der Waals surface area contributed by atoms with Crippen LogP contribution < -0.4 is 9.80 Å². The first-order valence-corrected chi connectivity index (χ1v) is 16.1. The van der Waals surface area contributed by atoms with Gasteiger partial charge in [-0.05, 0) is 111 Å². The average molecular weight is 647 g/mol. The van der Waals surface area contributed by atoms with Crippen molar-refractivity contribution in [1.29, 1.82) is 0 Å². The van der Waals surface area contributed by atoms with Crippen LogP contribution in [0.1, 0.15) is 91.4 Å². The lowest BCUT2D eigenvalue weighted by Gasteiger charge is -2.26. The second kappa shape index (κ2) is 16.4. The van der Waals surface area contributed by atoms with E-state index in [1.807, 2.05) is 30.3 Å². The molecule has 8 nitrogen and oxygen atoms in total. The molecule has 0 amide bonds. The van der Waals surface area contributed by atoms with Crippen molar-refractivity contribution in [3.63, 3.8) is 0 Å². The van der Waals surface area contributed by atoms with E-state index >= 15 is 0 Å². The second-order valence-corrected chi connectivity index (χ2v) is 11.6. The summed E-state index contributed by atoms with van der Waals surface area (Å²) in [6.07, 6.45) is 4.78. The topological polar surface area (TPSA) is 115 Å². The summed E-state index contributed by atoms with van der Waals surface area (Å²) in [5, 5.41) is 19.6. The molecule has 0 aliphatic carbocycles. The Hall–Kier alpha value is -5.50. The van der Waals surface area contributed by atoms with Gasteiger partial charge in [-0.15, -0.1) is 0 Å². The van der Waals surface area contributed by atoms with Crippen LogP contribution in [0.5, 0.6) is 0 Å². The first-order valence-electron chi connectivity index (χ1n) is 16.1. The third-order valence-corrected chi connectivity index (χ3v) is 8.53. The Balaban J connectivity index is 1.60. The van der Waals surface area contributed by atoms with E-state index in [-0.39, 0.29) is 22.7 Å². The zero-order chi connectivity index (χ0) is 34.8. The van der Waals surface area contributed by atoms with Gasteiger partial charge in [-0.3, -0.25) is 9.59 Å². The fraction of sp³-hybridized carbons (Fsp3) is 0.250. The molecule has 2 N–H and O–H groups in total. The lowest BCUT2D eigenvalue weighted by atomic mass is 9.98. The number of hydrogen-bond donors (Lipinski definition) is 2. The van der Waals surface area contributed by atoms with Gasteiger partial charge in [0.25, 0.3) is 0 Å². The van der Waals surface area contributed by atoms with Crippen molar-refractivity contribution in [2.75, 3.05) is 36.0 Å². The Labute approximate surface area is 282 Å². The molecule has 4 aromatic carbocycles. The molecule has 0 heterocycles. The van der Waals surface area contributed by atoms with Gasteiger partial charge in [0.1, 0.15) is 0 Å². The zero-order valence-corrected chi connectivity index (χ0v) is 27.9. The lowest BCUT2D eigenvalue weighted by Crippen LogP contribution is -2.29. The molecule has 0 radical (unpaired) electrons. The molecule has 0 unspecified atom stereocenters. The largest absolute Gasteiger partial charge is 0.478 e. The highest BCUT2D eigenvalue weighted by molar-refractivity contribution is 5.97. The lowest BCUT2D eigenvalue weighted by molar-refractivity contribution is 0.0685. The van der Waals surface area contributed by atoms with Gasteiger partial charge in [-0.2, -0.15) is 0 Å². The van der Waals surface area contributed by atoms with E-state index < -0.39 is 11.9 Å². The maximum Gasteiger partial charge on any atom is 0.335 e. The van der Waals surface area contributed by atoms with Crippen molar-refractivity contribution in [3.8, 4) is 0 Å². The number of carbonyl (C=O) groups excluding carboxylic acids is 2. The van der Waals surface area contributed by atoms with Crippen LogP contribution in [0, 0.1) is 0 Å². The monoisotopic (exact) mass is 646 g/mol. The van der Waals surface area contributed by atoms with Crippen molar-refractivity contribution in [2.45, 2.75) is 40.5 Å². The first kappa shape index (κ1) is 35.4. The number of carboxylic acid groups (broad SMARTS) is 2. The third-order valence-electron chi connectivity index (χ3n) is 8.53. The molecule has 4 aromatic rings. The number of carbonyl (C=O) groups is 4. The van der Waals surface area contributed by atoms with Gasteiger partial charge in [-0.1, -0.05) is 48.6 Å². The Morgan fingerprint density at radius 2 is 0.938 bits per heavy atom. The van der Waals surface area contributed by atoms with E-state index in [0.717, 1.165) is 29.9 Å². The highest BCUT2D eigenvalue weighted by atomic mass is 16.4. The van der Waals surface area contributed by atoms with Crippen LogP contribution >= 0.6 is 0 Å². The van der Waals surface area contributed by atoms with Gasteiger partial charge in [0.05, 0.1) is 11.1 Å². The summed E-state index contributed by atoms with van der Waals surface area (Å²) >= 11 is 0. The zero-order valence-electron chi connectivity index (χ0n) is 27.9. The molecular weight excluding hydrogens is 604 g/mol. The summed E-state index contributed by atoms with van der Waals surface area (Å²) in [6, 6.07) is 25.6. The molecule has 0 aliphatic heterocycles. The van der Waals surface area contributed by atoms with Crippen LogP contribution in [0.3, 0.4) is 0 Å². The fourth-order valence-electron chi connectivity index (χ4n) is 5.71. The summed E-state index contributed by atoms with van der Waals surface area (Å²) in [5.41, 5.74) is 6.36. The number of hydrogen-bond acceptors (Lipinski definition) is 6. The molecule has 0 saturated heterocycles. The molecule has 0 aliphatic rings. The summed E-state index contributed by atoms with van der Waals surface area (Å²) < 4.78 is 0. The van der Waals surface area contributed by atoms with Gasteiger partial charge in [0.2, 0.25) is 0 Å². The van der Waals surface area contributed by atoms with Crippen LogP contribution in [0.2, 0.25) is 0 Å². The Morgan fingerprint density at radius 1 is 0.562 bits per heavy atom. The smallest absolute Gasteiger partial charge is 0.335 e. The van der Waals surface area contributed by atoms with Crippen molar-refractivity contribution in [2.24, 2.45) is 0 Å². The van der Waals surface area contributed by atoms with Gasteiger partial charge in [0, 0.05) is 48.7 Å². The van der Waals surface area contributed by atoms with Crippen molar-refractivity contribution < 1.29 is 29.4 Å². The van der Waals surface area contributed by atoms with E-state index in [0.29, 0.717) is 48.2 Å². The van der Waals surface area contributed by atoms with E-state index in [4.69, 9.17) is 0 Å². The molecule has 0 spiro atoms. The SMILES string of the molecule is CCN(CC)c1ccc(C=Cc2ccc(N(CCc3cc(C(C)=O)ccc3C(=O)O)CCc3cc(C(C)=O)ccc3C(=O)O)cc2)cc1. The predicted octanol–water partition coefficient (Wildman–Crippen LogP) is 7.80. The highest BCUT2D eigenvalue weighted by Gasteiger charge is 2.17. The quantitative estimate of drug-likeness (QED) is 0.0936. The number of aromatic carboxylic acids is 2. The second-order valence-electron chi connectivity index (χ2n) is 11.6. The fourth-order valence-corrected chi connectivity index (χ4v) is 5.71. The summed E-state index contributed by atoms with van der Waals surface area (Å²) in [5.74, 6) is -2.45. The maximum absolute atomic E-state index is 12.1. The van der Waals surface area contributed by atoms with Crippen LogP contribution in [-0.2, 0) is 12.8 Å². The van der Waals surface area contributed by atoms with Gasteiger partial charge in [-0.25, -0.2) is 9.59 Å². The average Bonchev–Trinajstić information content (AvgIpc) is 3.08. The van der Waals surface area contributed by atoms with Crippen molar-refractivity contribution in [1.82, 2.24) is 0 Å². The molecule has 4 rings (SSSR count). The Morgan fingerprint density at radius 3 is 1.27 bits per heavy atom. The van der Waals surface area contributed by atoms with Crippen LogP contribution in [0.15, 0.2) is 84.9 Å². The predicted molar refractivity (Wildman–Crippen MR) is 192 cm³/mol. The molecule has 0 atom stereocenters. The minimum Gasteiger partial charge on any atom is -0.478 e. The maximum atomic E-state index is 12.1. The molecule has 248 valence electrons. The van der Waals surface area contributed by atoms with Crippen molar-refractivity contribution in [3.05, 3.63) is 129 Å². The molecule has 48 heavy (non-hydrogen) atoms. The normalized spacial score (nSPS) is 11.0. The number of nitrogens with zero attached hydrogens (tertiary/aromatic N) is 2. The number of Topliss-reactive ketones (excluding diaryl/α,β-unsaturated/α-hetero) is 2.